The molecule has 0 saturated carbocycles. The minimum Gasteiger partial charge on any atom is -0.469 e. The maximum absolute atomic E-state index is 5.47. The molecule has 2 aliphatic heterocycles. The van der Waals surface area contributed by atoms with Crippen LogP contribution in [-0.2, 0) is 17.7 Å². The van der Waals surface area contributed by atoms with Gasteiger partial charge in [-0.05, 0) is 25.5 Å². The summed E-state index contributed by atoms with van der Waals surface area (Å²) < 4.78 is 16.1. The number of aryl methyl sites for hydroxylation is 1. The highest BCUT2D eigenvalue weighted by Gasteiger charge is 2.21. The van der Waals surface area contributed by atoms with Gasteiger partial charge in [-0.1, -0.05) is 5.16 Å². The van der Waals surface area contributed by atoms with Crippen LogP contribution in [0.25, 0.3) is 0 Å². The lowest BCUT2D eigenvalue weighted by Gasteiger charge is -2.36. The van der Waals surface area contributed by atoms with Gasteiger partial charge >= 0.3 is 0 Å². The van der Waals surface area contributed by atoms with E-state index in [1.807, 2.05) is 25.1 Å². The van der Waals surface area contributed by atoms with E-state index < -0.39 is 0 Å². The first-order chi connectivity index (χ1) is 15.8. The summed E-state index contributed by atoms with van der Waals surface area (Å²) in [5.41, 5.74) is 1.00. The summed E-state index contributed by atoms with van der Waals surface area (Å²) in [6.45, 7) is 13.1. The van der Waals surface area contributed by atoms with Crippen LogP contribution >= 0.6 is 24.0 Å². The van der Waals surface area contributed by atoms with Gasteiger partial charge in [-0.25, -0.2) is 0 Å². The lowest BCUT2D eigenvalue weighted by Crippen LogP contribution is -2.52. The number of nitrogens with zero attached hydrogens (tertiary/aromatic N) is 5. The highest BCUT2D eigenvalue weighted by molar-refractivity contribution is 14.0. The zero-order chi connectivity index (χ0) is 22.0. The Hall–Kier alpha value is -1.63. The Morgan fingerprint density at radius 3 is 2.64 bits per heavy atom. The van der Waals surface area contributed by atoms with Crippen LogP contribution in [0.5, 0.6) is 0 Å². The third-order valence-corrected chi connectivity index (χ3v) is 5.97. The summed E-state index contributed by atoms with van der Waals surface area (Å²) in [7, 11) is 0. The van der Waals surface area contributed by atoms with E-state index in [0.29, 0.717) is 0 Å². The second kappa shape index (κ2) is 13.9. The number of nitrogens with one attached hydrogen (secondary N) is 1. The molecule has 33 heavy (non-hydrogen) atoms. The fourth-order valence-corrected chi connectivity index (χ4v) is 4.16. The fraction of sp³-hybridized carbons (Fsp3) is 0.652. The third kappa shape index (κ3) is 8.58. The Bertz CT molecular complexity index is 814. The van der Waals surface area contributed by atoms with E-state index in [1.165, 1.54) is 0 Å². The number of furan rings is 1. The molecule has 4 rings (SSSR count). The van der Waals surface area contributed by atoms with Gasteiger partial charge in [0, 0.05) is 77.9 Å². The van der Waals surface area contributed by atoms with Gasteiger partial charge in [0.2, 0.25) is 0 Å². The van der Waals surface area contributed by atoms with Crippen LogP contribution in [0.1, 0.15) is 23.6 Å². The van der Waals surface area contributed by atoms with E-state index in [0.717, 1.165) is 115 Å². The number of rotatable bonds is 9. The van der Waals surface area contributed by atoms with Gasteiger partial charge in [0.15, 0.2) is 5.96 Å². The van der Waals surface area contributed by atoms with Gasteiger partial charge in [0.25, 0.3) is 0 Å². The van der Waals surface area contributed by atoms with Gasteiger partial charge in [-0.2, -0.15) is 0 Å². The SMILES string of the molecule is Cc1cc(CN2CCN(C(=NCCCN3CCOCC3)NCCc3ccco3)CC2)no1.I. The van der Waals surface area contributed by atoms with Crippen molar-refractivity contribution in [3.8, 4) is 0 Å². The van der Waals surface area contributed by atoms with E-state index >= 15 is 0 Å². The van der Waals surface area contributed by atoms with Crippen molar-refractivity contribution in [2.75, 3.05) is 72.1 Å². The molecule has 0 aliphatic carbocycles. The molecule has 2 fully saturated rings. The molecule has 0 bridgehead atoms. The monoisotopic (exact) mass is 572 g/mol. The Kier molecular flexibility index (Phi) is 11.0. The maximum Gasteiger partial charge on any atom is 0.194 e. The summed E-state index contributed by atoms with van der Waals surface area (Å²) in [4.78, 5) is 12.2. The molecule has 2 aliphatic rings. The average Bonchev–Trinajstić information content (AvgIpc) is 3.48. The molecule has 2 saturated heterocycles. The molecule has 0 unspecified atom stereocenters. The molecule has 4 heterocycles. The van der Waals surface area contributed by atoms with E-state index in [9.17, 15) is 0 Å². The Labute approximate surface area is 213 Å². The molecule has 0 aromatic carbocycles. The molecule has 9 nitrogen and oxygen atoms in total. The van der Waals surface area contributed by atoms with Crippen molar-refractivity contribution in [2.24, 2.45) is 4.99 Å². The topological polar surface area (TPSA) is 82.5 Å². The first-order valence-electron chi connectivity index (χ1n) is 11.8. The molecule has 1 N–H and O–H groups in total. The number of guanidine groups is 1. The van der Waals surface area contributed by atoms with Crippen LogP contribution in [-0.4, -0.2) is 97.9 Å². The van der Waals surface area contributed by atoms with E-state index in [2.05, 4.69) is 25.2 Å². The van der Waals surface area contributed by atoms with Crippen LogP contribution in [0.3, 0.4) is 0 Å². The predicted molar refractivity (Wildman–Crippen MR) is 138 cm³/mol. The molecule has 10 heteroatoms. The van der Waals surface area contributed by atoms with Crippen LogP contribution in [0.2, 0.25) is 0 Å². The summed E-state index contributed by atoms with van der Waals surface area (Å²) in [6, 6.07) is 5.97. The molecular weight excluding hydrogens is 535 g/mol. The minimum atomic E-state index is 0. The van der Waals surface area contributed by atoms with Crippen molar-refractivity contribution in [1.29, 1.82) is 0 Å². The molecule has 2 aromatic heterocycles. The van der Waals surface area contributed by atoms with Gasteiger partial charge in [-0.3, -0.25) is 14.8 Å². The Morgan fingerprint density at radius 1 is 1.12 bits per heavy atom. The van der Waals surface area contributed by atoms with E-state index in [1.54, 1.807) is 6.26 Å². The quantitative estimate of drug-likeness (QED) is 0.212. The molecule has 0 spiro atoms. The van der Waals surface area contributed by atoms with Gasteiger partial charge < -0.3 is 23.9 Å². The van der Waals surface area contributed by atoms with Crippen molar-refractivity contribution in [2.45, 2.75) is 26.3 Å². The van der Waals surface area contributed by atoms with Crippen LogP contribution < -0.4 is 5.32 Å². The maximum atomic E-state index is 5.47. The molecule has 0 amide bonds. The highest BCUT2D eigenvalue weighted by Crippen LogP contribution is 2.10. The number of hydrogen-bond donors (Lipinski definition) is 1. The first kappa shape index (κ1) is 26.0. The predicted octanol–water partition coefficient (Wildman–Crippen LogP) is 2.22. The summed E-state index contributed by atoms with van der Waals surface area (Å²) in [5, 5.41) is 7.70. The number of morpholine rings is 1. The Morgan fingerprint density at radius 2 is 1.94 bits per heavy atom. The van der Waals surface area contributed by atoms with Gasteiger partial charge in [0.05, 0.1) is 25.2 Å². The molecule has 184 valence electrons. The van der Waals surface area contributed by atoms with E-state index in [-0.39, 0.29) is 24.0 Å². The molecular formula is C23H37IN6O3. The largest absolute Gasteiger partial charge is 0.469 e. The highest BCUT2D eigenvalue weighted by atomic mass is 127. The van der Waals surface area contributed by atoms with Crippen molar-refractivity contribution < 1.29 is 13.7 Å². The number of halogens is 1. The Balaban J connectivity index is 0.00000306. The number of aromatic nitrogens is 1. The van der Waals surface area contributed by atoms with Crippen molar-refractivity contribution in [3.05, 3.63) is 41.7 Å². The van der Waals surface area contributed by atoms with Crippen molar-refractivity contribution in [3.63, 3.8) is 0 Å². The number of piperazine rings is 1. The lowest BCUT2D eigenvalue weighted by atomic mass is 10.3. The van der Waals surface area contributed by atoms with Gasteiger partial charge in [0.1, 0.15) is 11.5 Å². The van der Waals surface area contributed by atoms with Crippen molar-refractivity contribution in [1.82, 2.24) is 25.2 Å². The number of aliphatic imine (C=N–C) groups is 1. The van der Waals surface area contributed by atoms with Gasteiger partial charge in [-0.15, -0.1) is 24.0 Å². The second-order valence-electron chi connectivity index (χ2n) is 8.46. The smallest absolute Gasteiger partial charge is 0.194 e. The summed E-state index contributed by atoms with van der Waals surface area (Å²) in [6.07, 6.45) is 3.64. The molecule has 2 aromatic rings. The summed E-state index contributed by atoms with van der Waals surface area (Å²) >= 11 is 0. The summed E-state index contributed by atoms with van der Waals surface area (Å²) in [5.74, 6) is 2.87. The van der Waals surface area contributed by atoms with Crippen LogP contribution in [0.4, 0.5) is 0 Å². The number of ether oxygens (including phenoxy) is 1. The third-order valence-electron chi connectivity index (χ3n) is 5.97. The second-order valence-corrected chi connectivity index (χ2v) is 8.46. The van der Waals surface area contributed by atoms with Crippen LogP contribution in [0, 0.1) is 6.92 Å². The minimum absolute atomic E-state index is 0. The average molecular weight is 572 g/mol. The standard InChI is InChI=1S/C23H36N6O3.HI/c1-20-18-21(26-32-20)19-28-9-11-29(12-10-28)23(25-7-5-22-4-2-15-31-22)24-6-3-8-27-13-16-30-17-14-27;/h2,4,15,18H,3,5-14,16-17,19H2,1H3,(H,24,25);1H. The normalized spacial score (nSPS) is 18.3. The zero-order valence-corrected chi connectivity index (χ0v) is 21.9. The molecule has 0 radical (unpaired) electrons. The lowest BCUT2D eigenvalue weighted by molar-refractivity contribution is 0.0377. The molecule has 0 atom stereocenters. The van der Waals surface area contributed by atoms with E-state index in [4.69, 9.17) is 18.7 Å². The first-order valence-corrected chi connectivity index (χ1v) is 11.8. The van der Waals surface area contributed by atoms with Crippen LogP contribution in [0.15, 0.2) is 38.4 Å². The zero-order valence-electron chi connectivity index (χ0n) is 19.6. The fourth-order valence-electron chi connectivity index (χ4n) is 4.16. The number of hydrogen-bond acceptors (Lipinski definition) is 7. The van der Waals surface area contributed by atoms with Crippen molar-refractivity contribution >= 4 is 29.9 Å².